The molecule has 0 spiro atoms. The maximum absolute atomic E-state index is 11.2. The number of alkyl halides is 1. The predicted octanol–water partition coefficient (Wildman–Crippen LogP) is 2.92. The molecule has 1 saturated carbocycles. The van der Waals surface area contributed by atoms with Crippen LogP contribution in [-0.4, -0.2) is 10.6 Å². The lowest BCUT2D eigenvalue weighted by molar-refractivity contribution is -0.119. The van der Waals surface area contributed by atoms with Gasteiger partial charge in [0.2, 0.25) is 0 Å². The number of rotatable bonds is 0. The minimum Gasteiger partial charge on any atom is -0.298 e. The number of ketones is 1. The van der Waals surface area contributed by atoms with Gasteiger partial charge in [0, 0.05) is 6.42 Å². The lowest BCUT2D eigenvalue weighted by atomic mass is 9.92. The van der Waals surface area contributed by atoms with Crippen molar-refractivity contribution < 1.29 is 4.79 Å². The number of halogens is 1. The summed E-state index contributed by atoms with van der Waals surface area (Å²) in [5.41, 5.74) is 0. The first-order valence-electron chi connectivity index (χ1n) is 4.37. The van der Waals surface area contributed by atoms with E-state index in [0.29, 0.717) is 5.78 Å². The van der Waals surface area contributed by atoms with Crippen molar-refractivity contribution in [2.75, 3.05) is 0 Å². The topological polar surface area (TPSA) is 17.1 Å². The van der Waals surface area contributed by atoms with Gasteiger partial charge in [0.05, 0.1) is 4.83 Å². The smallest absolute Gasteiger partial charge is 0.146 e. The summed E-state index contributed by atoms with van der Waals surface area (Å²) < 4.78 is 0. The minimum absolute atomic E-state index is 0.144. The van der Waals surface area contributed by atoms with Crippen molar-refractivity contribution in [2.24, 2.45) is 5.92 Å². The first-order valence-corrected chi connectivity index (χ1v) is 5.28. The number of carbonyl (C=O) groups is 1. The lowest BCUT2D eigenvalue weighted by Gasteiger charge is -2.17. The van der Waals surface area contributed by atoms with Crippen LogP contribution in [0.15, 0.2) is 0 Å². The molecule has 0 saturated heterocycles. The van der Waals surface area contributed by atoms with E-state index in [0.717, 1.165) is 25.2 Å². The van der Waals surface area contributed by atoms with E-state index in [1.54, 1.807) is 0 Å². The molecular weight excluding hydrogens is 204 g/mol. The standard InChI is InChI=1S/C9H15BrO/c1-7-3-2-4-9(11)8(10)6-5-7/h7-8H,2-6H2,1H3. The zero-order chi connectivity index (χ0) is 8.27. The van der Waals surface area contributed by atoms with Crippen LogP contribution in [0, 0.1) is 5.92 Å². The fraction of sp³-hybridized carbons (Fsp3) is 0.889. The van der Waals surface area contributed by atoms with Gasteiger partial charge in [0.15, 0.2) is 0 Å². The van der Waals surface area contributed by atoms with E-state index in [4.69, 9.17) is 0 Å². The summed E-state index contributed by atoms with van der Waals surface area (Å²) in [6, 6.07) is 0. The molecule has 0 N–H and O–H groups in total. The Morgan fingerprint density at radius 2 is 2.09 bits per heavy atom. The molecule has 0 amide bonds. The van der Waals surface area contributed by atoms with Crippen LogP contribution < -0.4 is 0 Å². The fourth-order valence-corrected chi connectivity index (χ4v) is 2.01. The molecule has 1 nitrogen and oxygen atoms in total. The van der Waals surface area contributed by atoms with Gasteiger partial charge >= 0.3 is 0 Å². The van der Waals surface area contributed by atoms with Gasteiger partial charge in [-0.1, -0.05) is 29.3 Å². The molecule has 0 radical (unpaired) electrons. The Labute approximate surface area is 76.7 Å². The third kappa shape index (κ3) is 2.94. The average Bonchev–Trinajstić information content (AvgIpc) is 1.98. The molecular formula is C9H15BrO. The zero-order valence-electron chi connectivity index (χ0n) is 6.98. The van der Waals surface area contributed by atoms with Crippen molar-refractivity contribution in [2.45, 2.75) is 43.9 Å². The van der Waals surface area contributed by atoms with Crippen LogP contribution in [0.25, 0.3) is 0 Å². The highest BCUT2D eigenvalue weighted by Gasteiger charge is 2.18. The van der Waals surface area contributed by atoms with E-state index in [-0.39, 0.29) is 4.83 Å². The highest BCUT2D eigenvalue weighted by atomic mass is 79.9. The molecule has 0 aromatic rings. The summed E-state index contributed by atoms with van der Waals surface area (Å²) in [5.74, 6) is 1.21. The summed E-state index contributed by atoms with van der Waals surface area (Å²) in [4.78, 5) is 11.4. The van der Waals surface area contributed by atoms with Crippen LogP contribution in [-0.2, 0) is 4.79 Å². The SMILES string of the molecule is CC1CCCC(=O)C(Br)CC1. The molecule has 0 heterocycles. The fourth-order valence-electron chi connectivity index (χ4n) is 1.52. The lowest BCUT2D eigenvalue weighted by Crippen LogP contribution is -2.17. The molecule has 1 fully saturated rings. The third-order valence-corrected chi connectivity index (χ3v) is 3.35. The molecule has 0 bridgehead atoms. The summed E-state index contributed by atoms with van der Waals surface area (Å²) >= 11 is 3.42. The molecule has 0 aromatic heterocycles. The van der Waals surface area contributed by atoms with Gasteiger partial charge < -0.3 is 0 Å². The molecule has 2 heteroatoms. The van der Waals surface area contributed by atoms with Crippen molar-refractivity contribution in [1.82, 2.24) is 0 Å². The van der Waals surface area contributed by atoms with Crippen LogP contribution in [0.4, 0.5) is 0 Å². The molecule has 64 valence electrons. The normalized spacial score (nSPS) is 34.5. The second-order valence-electron chi connectivity index (χ2n) is 3.51. The van der Waals surface area contributed by atoms with Crippen molar-refractivity contribution >= 4 is 21.7 Å². The van der Waals surface area contributed by atoms with Crippen molar-refractivity contribution in [1.29, 1.82) is 0 Å². The maximum atomic E-state index is 11.2. The van der Waals surface area contributed by atoms with Crippen molar-refractivity contribution in [3.8, 4) is 0 Å². The number of carbonyl (C=O) groups excluding carboxylic acids is 1. The summed E-state index contributed by atoms with van der Waals surface area (Å²) in [6.45, 7) is 2.27. The molecule has 1 aliphatic carbocycles. The van der Waals surface area contributed by atoms with Crippen LogP contribution in [0.5, 0.6) is 0 Å². The second-order valence-corrected chi connectivity index (χ2v) is 4.61. The maximum Gasteiger partial charge on any atom is 0.146 e. The molecule has 0 aromatic carbocycles. The van der Waals surface area contributed by atoms with Gasteiger partial charge in [0.25, 0.3) is 0 Å². The molecule has 1 rings (SSSR count). The molecule has 2 unspecified atom stereocenters. The van der Waals surface area contributed by atoms with Crippen molar-refractivity contribution in [3.05, 3.63) is 0 Å². The Hall–Kier alpha value is 0.150. The molecule has 0 aliphatic heterocycles. The van der Waals surface area contributed by atoms with Crippen LogP contribution in [0.3, 0.4) is 0 Å². The van der Waals surface area contributed by atoms with Gasteiger partial charge in [-0.2, -0.15) is 0 Å². The second kappa shape index (κ2) is 4.24. The van der Waals surface area contributed by atoms with E-state index in [9.17, 15) is 4.79 Å². The van der Waals surface area contributed by atoms with Gasteiger partial charge in [0.1, 0.15) is 5.78 Å². The van der Waals surface area contributed by atoms with Crippen LogP contribution in [0.2, 0.25) is 0 Å². The average molecular weight is 219 g/mol. The van der Waals surface area contributed by atoms with E-state index in [1.165, 1.54) is 12.8 Å². The zero-order valence-corrected chi connectivity index (χ0v) is 8.56. The molecule has 11 heavy (non-hydrogen) atoms. The Kier molecular flexibility index (Phi) is 3.57. The van der Waals surface area contributed by atoms with E-state index >= 15 is 0 Å². The third-order valence-electron chi connectivity index (χ3n) is 2.38. The number of hydrogen-bond donors (Lipinski definition) is 0. The van der Waals surface area contributed by atoms with Gasteiger partial charge in [-0.15, -0.1) is 0 Å². The van der Waals surface area contributed by atoms with Crippen LogP contribution >= 0.6 is 15.9 Å². The molecule has 1 aliphatic rings. The van der Waals surface area contributed by atoms with E-state index in [1.807, 2.05) is 0 Å². The number of hydrogen-bond acceptors (Lipinski definition) is 1. The van der Waals surface area contributed by atoms with Crippen LogP contribution in [0.1, 0.15) is 39.0 Å². The van der Waals surface area contributed by atoms with E-state index in [2.05, 4.69) is 22.9 Å². The highest BCUT2D eigenvalue weighted by Crippen LogP contribution is 2.23. The Morgan fingerprint density at radius 3 is 2.82 bits per heavy atom. The first kappa shape index (κ1) is 9.24. The quantitative estimate of drug-likeness (QED) is 0.572. The monoisotopic (exact) mass is 218 g/mol. The summed E-state index contributed by atoms with van der Waals surface area (Å²) in [5, 5.41) is 0. The minimum atomic E-state index is 0.144. The Balaban J connectivity index is 2.41. The Bertz CT molecular complexity index is 144. The summed E-state index contributed by atoms with van der Waals surface area (Å²) in [7, 11) is 0. The van der Waals surface area contributed by atoms with Gasteiger partial charge in [-0.25, -0.2) is 0 Å². The predicted molar refractivity (Wildman–Crippen MR) is 50.0 cm³/mol. The van der Waals surface area contributed by atoms with Gasteiger partial charge in [-0.05, 0) is 25.2 Å². The largest absolute Gasteiger partial charge is 0.298 e. The van der Waals surface area contributed by atoms with Gasteiger partial charge in [-0.3, -0.25) is 4.79 Å². The van der Waals surface area contributed by atoms with Crippen molar-refractivity contribution in [3.63, 3.8) is 0 Å². The molecule has 2 atom stereocenters. The first-order chi connectivity index (χ1) is 5.20. The summed E-state index contributed by atoms with van der Waals surface area (Å²) in [6.07, 6.45) is 5.31. The highest BCUT2D eigenvalue weighted by molar-refractivity contribution is 9.10. The van der Waals surface area contributed by atoms with E-state index < -0.39 is 0 Å². The Morgan fingerprint density at radius 1 is 1.36 bits per heavy atom. The number of Topliss-reactive ketones (excluding diaryl/α,β-unsaturated/α-hetero) is 1.